The Bertz CT molecular complexity index is 1160. The van der Waals surface area contributed by atoms with Crippen molar-refractivity contribution in [3.05, 3.63) is 90.1 Å². The highest BCUT2D eigenvalue weighted by molar-refractivity contribution is 5.98. The van der Waals surface area contributed by atoms with Gasteiger partial charge in [0.2, 0.25) is 0 Å². The molecule has 3 heterocycles. The summed E-state index contributed by atoms with van der Waals surface area (Å²) in [4.78, 5) is 19.3. The molecule has 0 fully saturated rings. The second kappa shape index (κ2) is 6.37. The Morgan fingerprint density at radius 1 is 1.00 bits per heavy atom. The average molecular weight is 370 g/mol. The van der Waals surface area contributed by atoms with Crippen molar-refractivity contribution in [1.29, 1.82) is 0 Å². The van der Waals surface area contributed by atoms with E-state index in [9.17, 15) is 4.79 Å². The number of amides is 1. The number of hydrogen-bond donors (Lipinski definition) is 0. The van der Waals surface area contributed by atoms with Crippen LogP contribution in [0.1, 0.15) is 33.4 Å². The van der Waals surface area contributed by atoms with E-state index in [0.717, 1.165) is 17.7 Å². The van der Waals surface area contributed by atoms with Crippen molar-refractivity contribution in [3.8, 4) is 0 Å². The van der Waals surface area contributed by atoms with Gasteiger partial charge in [-0.25, -0.2) is 4.98 Å². The van der Waals surface area contributed by atoms with Gasteiger partial charge in [0, 0.05) is 67.2 Å². The van der Waals surface area contributed by atoms with Gasteiger partial charge in [-0.15, -0.1) is 0 Å². The third-order valence-electron chi connectivity index (χ3n) is 5.92. The molecule has 1 amide bonds. The molecule has 5 nitrogen and oxygen atoms in total. The first-order valence-electron chi connectivity index (χ1n) is 9.51. The van der Waals surface area contributed by atoms with Crippen molar-refractivity contribution in [2.75, 3.05) is 7.05 Å². The van der Waals surface area contributed by atoms with E-state index in [4.69, 9.17) is 0 Å². The summed E-state index contributed by atoms with van der Waals surface area (Å²) in [5.74, 6) is 0.217. The summed E-state index contributed by atoms with van der Waals surface area (Å²) in [5, 5.41) is 1.20. The van der Waals surface area contributed by atoms with E-state index in [1.807, 2.05) is 42.7 Å². The summed E-state index contributed by atoms with van der Waals surface area (Å²) in [6.07, 6.45) is 7.81. The van der Waals surface area contributed by atoms with Gasteiger partial charge in [-0.2, -0.15) is 0 Å². The minimum Gasteiger partial charge on any atom is -0.350 e. The van der Waals surface area contributed by atoms with Crippen molar-refractivity contribution < 1.29 is 4.79 Å². The van der Waals surface area contributed by atoms with Crippen LogP contribution >= 0.6 is 0 Å². The van der Waals surface area contributed by atoms with Crippen LogP contribution in [0.15, 0.2) is 73.4 Å². The van der Waals surface area contributed by atoms with E-state index in [2.05, 4.69) is 57.7 Å². The SMILES string of the molecule is CN1C(=O)c2ccccc2[C@@H](Cn2ccnc2)[C@@H]1c1cn(C)c2ccccc12. The molecule has 0 aliphatic carbocycles. The lowest BCUT2D eigenvalue weighted by molar-refractivity contribution is 0.0664. The fourth-order valence-corrected chi connectivity index (χ4v) is 4.63. The normalized spacial score (nSPS) is 19.2. The molecule has 0 saturated heterocycles. The molecule has 0 radical (unpaired) electrons. The lowest BCUT2D eigenvalue weighted by atomic mass is 9.80. The number of carbonyl (C=O) groups excluding carboxylic acids is 1. The molecule has 2 atom stereocenters. The molecule has 140 valence electrons. The molecule has 2 aromatic heterocycles. The van der Waals surface area contributed by atoms with Gasteiger partial charge in [0.25, 0.3) is 5.91 Å². The Morgan fingerprint density at radius 2 is 1.79 bits per heavy atom. The summed E-state index contributed by atoms with van der Waals surface area (Å²) in [5.41, 5.74) is 4.27. The van der Waals surface area contributed by atoms with Crippen molar-refractivity contribution in [2.24, 2.45) is 7.05 Å². The number of hydrogen-bond acceptors (Lipinski definition) is 2. The van der Waals surface area contributed by atoms with E-state index in [-0.39, 0.29) is 17.9 Å². The van der Waals surface area contributed by atoms with Gasteiger partial charge < -0.3 is 14.0 Å². The number of likely N-dealkylation sites (N-methyl/N-ethyl adjacent to an activating group) is 1. The molecule has 0 spiro atoms. The molecular formula is C23H22N4O. The fraction of sp³-hybridized carbons (Fsp3) is 0.217. The Kier molecular flexibility index (Phi) is 3.83. The van der Waals surface area contributed by atoms with Gasteiger partial charge in [0.15, 0.2) is 0 Å². The summed E-state index contributed by atoms with van der Waals surface area (Å²) in [6.45, 7) is 0.766. The highest BCUT2D eigenvalue weighted by Crippen LogP contribution is 2.45. The molecule has 5 rings (SSSR count). The van der Waals surface area contributed by atoms with Crippen LogP contribution in [0.25, 0.3) is 10.9 Å². The predicted octanol–water partition coefficient (Wildman–Crippen LogP) is 3.99. The minimum atomic E-state index is -0.0455. The Balaban J connectivity index is 1.72. The quantitative estimate of drug-likeness (QED) is 0.547. The zero-order valence-corrected chi connectivity index (χ0v) is 16.0. The van der Waals surface area contributed by atoms with Gasteiger partial charge in [-0.3, -0.25) is 4.79 Å². The topological polar surface area (TPSA) is 43.1 Å². The third kappa shape index (κ3) is 2.47. The van der Waals surface area contributed by atoms with Crippen LogP contribution in [0.4, 0.5) is 0 Å². The van der Waals surface area contributed by atoms with Gasteiger partial charge >= 0.3 is 0 Å². The summed E-state index contributed by atoms with van der Waals surface area (Å²) >= 11 is 0. The van der Waals surface area contributed by atoms with Crippen LogP contribution in [0.5, 0.6) is 0 Å². The molecule has 28 heavy (non-hydrogen) atoms. The standard InChI is InChI=1S/C23H22N4O/c1-25-13-19(17-8-5-6-10-21(17)25)22-20(14-27-12-11-24-15-27)16-7-3-4-9-18(16)23(28)26(22)2/h3-13,15,20,22H,14H2,1-2H3/t20-,22+/m1/s1. The van der Waals surface area contributed by atoms with Gasteiger partial charge in [-0.1, -0.05) is 36.4 Å². The lowest BCUT2D eigenvalue weighted by Gasteiger charge is -2.40. The number of benzene rings is 2. The molecule has 0 unspecified atom stereocenters. The van der Waals surface area contributed by atoms with Gasteiger partial charge in [0.1, 0.15) is 0 Å². The summed E-state index contributed by atoms with van der Waals surface area (Å²) < 4.78 is 4.25. The number of rotatable bonds is 3. The second-order valence-corrected chi connectivity index (χ2v) is 7.53. The van der Waals surface area contributed by atoms with E-state index < -0.39 is 0 Å². The first kappa shape index (κ1) is 16.8. The number of imidazole rings is 1. The maximum absolute atomic E-state index is 13.2. The maximum Gasteiger partial charge on any atom is 0.254 e. The number of aryl methyl sites for hydroxylation is 1. The number of para-hydroxylation sites is 1. The second-order valence-electron chi connectivity index (χ2n) is 7.53. The number of fused-ring (bicyclic) bond motifs is 2. The largest absolute Gasteiger partial charge is 0.350 e. The molecule has 2 aromatic carbocycles. The minimum absolute atomic E-state index is 0.0455. The fourth-order valence-electron chi connectivity index (χ4n) is 4.63. The number of carbonyl (C=O) groups is 1. The van der Waals surface area contributed by atoms with Crippen molar-refractivity contribution in [1.82, 2.24) is 19.0 Å². The lowest BCUT2D eigenvalue weighted by Crippen LogP contribution is -2.41. The van der Waals surface area contributed by atoms with Crippen LogP contribution in [0, 0.1) is 0 Å². The maximum atomic E-state index is 13.2. The Morgan fingerprint density at radius 3 is 2.61 bits per heavy atom. The van der Waals surface area contributed by atoms with E-state index in [1.54, 1.807) is 6.20 Å². The Labute approximate surface area is 163 Å². The predicted molar refractivity (Wildman–Crippen MR) is 109 cm³/mol. The first-order valence-corrected chi connectivity index (χ1v) is 9.51. The Hall–Kier alpha value is -3.34. The molecule has 4 aromatic rings. The zero-order chi connectivity index (χ0) is 19.3. The van der Waals surface area contributed by atoms with E-state index in [0.29, 0.717) is 0 Å². The van der Waals surface area contributed by atoms with Crippen molar-refractivity contribution in [2.45, 2.75) is 18.5 Å². The molecule has 0 saturated carbocycles. The monoisotopic (exact) mass is 370 g/mol. The van der Waals surface area contributed by atoms with E-state index >= 15 is 0 Å². The van der Waals surface area contributed by atoms with E-state index in [1.165, 1.54) is 16.5 Å². The zero-order valence-electron chi connectivity index (χ0n) is 16.0. The van der Waals surface area contributed by atoms with Crippen LogP contribution in [-0.2, 0) is 13.6 Å². The van der Waals surface area contributed by atoms with Gasteiger partial charge in [-0.05, 0) is 17.7 Å². The average Bonchev–Trinajstić information content (AvgIpc) is 3.35. The molecular weight excluding hydrogens is 348 g/mol. The van der Waals surface area contributed by atoms with Crippen LogP contribution in [-0.4, -0.2) is 32.0 Å². The number of aromatic nitrogens is 3. The first-order chi connectivity index (χ1) is 13.6. The highest BCUT2D eigenvalue weighted by Gasteiger charge is 2.39. The molecule has 5 heteroatoms. The number of nitrogens with zero attached hydrogens (tertiary/aromatic N) is 4. The van der Waals surface area contributed by atoms with Crippen molar-refractivity contribution >= 4 is 16.8 Å². The van der Waals surface area contributed by atoms with Gasteiger partial charge in [0.05, 0.1) is 12.4 Å². The summed E-state index contributed by atoms with van der Waals surface area (Å²) in [6, 6.07) is 16.4. The highest BCUT2D eigenvalue weighted by atomic mass is 16.2. The van der Waals surface area contributed by atoms with Crippen molar-refractivity contribution in [3.63, 3.8) is 0 Å². The molecule has 0 bridgehead atoms. The molecule has 1 aliphatic heterocycles. The molecule has 0 N–H and O–H groups in total. The molecule has 1 aliphatic rings. The smallest absolute Gasteiger partial charge is 0.254 e. The van der Waals surface area contributed by atoms with Crippen LogP contribution in [0.3, 0.4) is 0 Å². The van der Waals surface area contributed by atoms with Crippen LogP contribution < -0.4 is 0 Å². The third-order valence-corrected chi connectivity index (χ3v) is 5.92. The van der Waals surface area contributed by atoms with Crippen LogP contribution in [0.2, 0.25) is 0 Å². The summed E-state index contributed by atoms with van der Waals surface area (Å²) in [7, 11) is 3.99.